The van der Waals surface area contributed by atoms with E-state index in [1.807, 2.05) is 23.6 Å². The fourth-order valence-corrected chi connectivity index (χ4v) is 2.84. The van der Waals surface area contributed by atoms with Crippen molar-refractivity contribution in [3.05, 3.63) is 58.3 Å². The molecule has 2 aromatic rings. The van der Waals surface area contributed by atoms with E-state index in [1.165, 1.54) is 17.0 Å². The number of benzene rings is 1. The van der Waals surface area contributed by atoms with E-state index in [2.05, 4.69) is 15.6 Å². The van der Waals surface area contributed by atoms with E-state index in [0.29, 0.717) is 0 Å². The molecule has 22 heavy (non-hydrogen) atoms. The molecule has 1 aliphatic rings. The smallest absolute Gasteiger partial charge is 0.422 e. The molecule has 0 saturated heterocycles. The fourth-order valence-electron chi connectivity index (χ4n) is 2.09. The van der Waals surface area contributed by atoms with Gasteiger partial charge in [-0.1, -0.05) is 6.07 Å². The average Bonchev–Trinajstić information content (AvgIpc) is 3.15. The summed E-state index contributed by atoms with van der Waals surface area (Å²) in [7, 11) is 0. The average molecular weight is 326 g/mol. The lowest BCUT2D eigenvalue weighted by atomic mass is 10.1. The summed E-state index contributed by atoms with van der Waals surface area (Å²) in [6, 6.07) is 10.6. The zero-order chi connectivity index (χ0) is 15.6. The Bertz CT molecular complexity index is 650. The number of nitrogens with one attached hydrogen (secondary N) is 2. The first-order valence-electron chi connectivity index (χ1n) is 6.58. The molecule has 3 nitrogen and oxygen atoms in total. The first-order chi connectivity index (χ1) is 10.5. The quantitative estimate of drug-likeness (QED) is 0.894. The van der Waals surface area contributed by atoms with Crippen molar-refractivity contribution in [1.82, 2.24) is 10.9 Å². The number of hydrazine groups is 1. The van der Waals surface area contributed by atoms with Crippen LogP contribution in [-0.4, -0.2) is 12.8 Å². The monoisotopic (exact) mass is 326 g/mol. The molecule has 2 N–H and O–H groups in total. The van der Waals surface area contributed by atoms with Gasteiger partial charge >= 0.3 is 6.18 Å². The van der Waals surface area contributed by atoms with Gasteiger partial charge in [-0.2, -0.15) is 13.2 Å². The Balaban J connectivity index is 1.67. The number of rotatable bonds is 4. The predicted molar refractivity (Wildman–Crippen MR) is 79.3 cm³/mol. The zero-order valence-electron chi connectivity index (χ0n) is 11.4. The van der Waals surface area contributed by atoms with Gasteiger partial charge in [0.25, 0.3) is 0 Å². The van der Waals surface area contributed by atoms with Crippen LogP contribution in [0.5, 0.6) is 5.75 Å². The molecule has 1 unspecified atom stereocenters. The van der Waals surface area contributed by atoms with E-state index >= 15 is 0 Å². The van der Waals surface area contributed by atoms with Gasteiger partial charge in [-0.05, 0) is 47.4 Å². The predicted octanol–water partition coefficient (Wildman–Crippen LogP) is 3.88. The van der Waals surface area contributed by atoms with E-state index in [0.717, 1.165) is 11.3 Å². The molecular formula is C15H13F3N2OS. The highest BCUT2D eigenvalue weighted by Gasteiger charge is 2.28. The Labute approximate surface area is 129 Å². The maximum absolute atomic E-state index is 12.1. The largest absolute Gasteiger partial charge is 0.484 e. The Morgan fingerprint density at radius 2 is 1.91 bits per heavy atom. The van der Waals surface area contributed by atoms with Crippen molar-refractivity contribution in [2.45, 2.75) is 12.2 Å². The molecule has 3 rings (SSSR count). The van der Waals surface area contributed by atoms with Gasteiger partial charge in [0.15, 0.2) is 6.61 Å². The first-order valence-corrected chi connectivity index (χ1v) is 7.46. The summed E-state index contributed by atoms with van der Waals surface area (Å²) in [5, 5.41) is 2.01. The molecule has 1 aliphatic heterocycles. The van der Waals surface area contributed by atoms with Crippen LogP contribution in [0.25, 0.3) is 5.70 Å². The standard InChI is InChI=1S/C15H13F3N2OS/c16-15(17,18)9-21-11-5-3-10(4-6-11)12-8-13(20-19-12)14-2-1-7-22-14/h1-8,13,19-20H,9H2. The van der Waals surface area contributed by atoms with Crippen molar-refractivity contribution in [2.75, 3.05) is 6.61 Å². The second kappa shape index (κ2) is 6.02. The van der Waals surface area contributed by atoms with Gasteiger partial charge in [-0.25, -0.2) is 5.43 Å². The summed E-state index contributed by atoms with van der Waals surface area (Å²) in [5.74, 6) is 0.197. The molecule has 1 aromatic heterocycles. The van der Waals surface area contributed by atoms with Crippen molar-refractivity contribution in [2.24, 2.45) is 0 Å². The Kier molecular flexibility index (Phi) is 4.08. The molecule has 1 aromatic carbocycles. The zero-order valence-corrected chi connectivity index (χ0v) is 12.2. The van der Waals surface area contributed by atoms with Crippen LogP contribution in [-0.2, 0) is 0 Å². The number of hydrogen-bond acceptors (Lipinski definition) is 4. The van der Waals surface area contributed by atoms with Crippen LogP contribution in [0.1, 0.15) is 16.5 Å². The lowest BCUT2D eigenvalue weighted by Gasteiger charge is -2.10. The van der Waals surface area contributed by atoms with Crippen molar-refractivity contribution in [1.29, 1.82) is 0 Å². The lowest BCUT2D eigenvalue weighted by molar-refractivity contribution is -0.153. The maximum Gasteiger partial charge on any atom is 0.422 e. The molecule has 0 radical (unpaired) electrons. The van der Waals surface area contributed by atoms with Gasteiger partial charge in [0.1, 0.15) is 5.75 Å². The fraction of sp³-hybridized carbons (Fsp3) is 0.200. The van der Waals surface area contributed by atoms with Crippen LogP contribution in [0.15, 0.2) is 47.9 Å². The maximum atomic E-state index is 12.1. The topological polar surface area (TPSA) is 33.3 Å². The molecular weight excluding hydrogens is 313 g/mol. The molecule has 116 valence electrons. The van der Waals surface area contributed by atoms with Crippen LogP contribution < -0.4 is 15.6 Å². The molecule has 0 amide bonds. The third-order valence-corrected chi connectivity index (χ3v) is 4.07. The van der Waals surface area contributed by atoms with Crippen molar-refractivity contribution < 1.29 is 17.9 Å². The highest BCUT2D eigenvalue weighted by Crippen LogP contribution is 2.28. The number of hydrogen-bond donors (Lipinski definition) is 2. The van der Waals surface area contributed by atoms with Crippen LogP contribution in [0.4, 0.5) is 13.2 Å². The van der Waals surface area contributed by atoms with Crippen molar-refractivity contribution >= 4 is 17.0 Å². The summed E-state index contributed by atoms with van der Waals surface area (Å²) in [6.45, 7) is -1.28. The molecule has 1 atom stereocenters. The van der Waals surface area contributed by atoms with E-state index in [4.69, 9.17) is 0 Å². The van der Waals surface area contributed by atoms with Gasteiger partial charge in [-0.3, -0.25) is 0 Å². The van der Waals surface area contributed by atoms with Gasteiger partial charge in [0.05, 0.1) is 11.7 Å². The van der Waals surface area contributed by atoms with Gasteiger partial charge in [0.2, 0.25) is 0 Å². The normalized spacial score (nSPS) is 18.0. The van der Waals surface area contributed by atoms with E-state index in [9.17, 15) is 13.2 Å². The van der Waals surface area contributed by atoms with E-state index in [-0.39, 0.29) is 11.8 Å². The van der Waals surface area contributed by atoms with Gasteiger partial charge in [-0.15, -0.1) is 11.3 Å². The second-order valence-corrected chi connectivity index (χ2v) is 5.75. The van der Waals surface area contributed by atoms with E-state index in [1.54, 1.807) is 23.5 Å². The Hall–Kier alpha value is -1.99. The minimum absolute atomic E-state index is 0.0937. The highest BCUT2D eigenvalue weighted by molar-refractivity contribution is 7.10. The molecule has 0 bridgehead atoms. The number of thiophene rings is 1. The van der Waals surface area contributed by atoms with Crippen LogP contribution in [0.3, 0.4) is 0 Å². The lowest BCUT2D eigenvalue weighted by Crippen LogP contribution is -2.25. The minimum Gasteiger partial charge on any atom is -0.484 e. The summed E-state index contributed by atoms with van der Waals surface area (Å²) >= 11 is 1.66. The first kappa shape index (κ1) is 14.9. The Morgan fingerprint density at radius 1 is 1.14 bits per heavy atom. The second-order valence-electron chi connectivity index (χ2n) is 4.77. The summed E-state index contributed by atoms with van der Waals surface area (Å²) < 4.78 is 41.0. The molecule has 0 fully saturated rings. The summed E-state index contributed by atoms with van der Waals surface area (Å²) in [6.07, 6.45) is -2.29. The SMILES string of the molecule is FC(F)(F)COc1ccc(C2=CC(c3cccs3)NN2)cc1. The molecule has 7 heteroatoms. The molecule has 0 aliphatic carbocycles. The van der Waals surface area contributed by atoms with Crippen LogP contribution in [0.2, 0.25) is 0 Å². The third kappa shape index (κ3) is 3.61. The van der Waals surface area contributed by atoms with Crippen LogP contribution in [0, 0.1) is 0 Å². The number of ether oxygens (including phenoxy) is 1. The Morgan fingerprint density at radius 3 is 2.55 bits per heavy atom. The van der Waals surface area contributed by atoms with Crippen molar-refractivity contribution in [3.63, 3.8) is 0 Å². The minimum atomic E-state index is -4.33. The van der Waals surface area contributed by atoms with E-state index < -0.39 is 12.8 Å². The number of halogens is 3. The van der Waals surface area contributed by atoms with Crippen molar-refractivity contribution in [3.8, 4) is 5.75 Å². The highest BCUT2D eigenvalue weighted by atomic mass is 32.1. The summed E-state index contributed by atoms with van der Waals surface area (Å²) in [4.78, 5) is 1.19. The van der Waals surface area contributed by atoms with Gasteiger partial charge in [0, 0.05) is 4.88 Å². The third-order valence-electron chi connectivity index (χ3n) is 3.11. The summed E-state index contributed by atoms with van der Waals surface area (Å²) in [5.41, 5.74) is 8.01. The van der Waals surface area contributed by atoms with Gasteiger partial charge < -0.3 is 10.2 Å². The van der Waals surface area contributed by atoms with Crippen LogP contribution >= 0.6 is 11.3 Å². The molecule has 0 spiro atoms. The molecule has 2 heterocycles. The number of alkyl halides is 3. The molecule has 0 saturated carbocycles.